The van der Waals surface area contributed by atoms with Gasteiger partial charge in [-0.05, 0) is 31.2 Å². The second kappa shape index (κ2) is 5.13. The molecule has 0 amide bonds. The normalized spacial score (nSPS) is 22.9. The van der Waals surface area contributed by atoms with Crippen molar-refractivity contribution in [1.82, 2.24) is 9.55 Å². The van der Waals surface area contributed by atoms with Crippen LogP contribution in [0.25, 0.3) is 11.0 Å². The lowest BCUT2D eigenvalue weighted by molar-refractivity contribution is 0.261. The Morgan fingerprint density at radius 3 is 2.71 bits per heavy atom. The van der Waals surface area contributed by atoms with Crippen LogP contribution in [0, 0.1) is 11.2 Å². The van der Waals surface area contributed by atoms with E-state index < -0.39 is 5.82 Å². The molecule has 3 rings (SSSR count). The highest BCUT2D eigenvalue weighted by molar-refractivity contribution is 6.31. The van der Waals surface area contributed by atoms with Crippen molar-refractivity contribution in [2.24, 2.45) is 5.41 Å². The molecular formula is C16H19Cl2FN2. The number of imidazole rings is 1. The molecule has 0 N–H and O–H groups in total. The van der Waals surface area contributed by atoms with Crippen LogP contribution >= 0.6 is 23.2 Å². The zero-order valence-electron chi connectivity index (χ0n) is 12.5. The predicted octanol–water partition coefficient (Wildman–Crippen LogP) is 5.88. The molecule has 0 spiro atoms. The third-order valence-electron chi connectivity index (χ3n) is 4.63. The van der Waals surface area contributed by atoms with Crippen LogP contribution in [-0.4, -0.2) is 9.55 Å². The summed E-state index contributed by atoms with van der Waals surface area (Å²) >= 11 is 12.3. The van der Waals surface area contributed by atoms with Crippen LogP contribution in [0.1, 0.15) is 57.3 Å². The summed E-state index contributed by atoms with van der Waals surface area (Å²) in [6.45, 7) is 6.44. The maximum Gasteiger partial charge on any atom is 0.144 e. The highest BCUT2D eigenvalue weighted by atomic mass is 35.5. The number of aromatic nitrogens is 2. The maximum absolute atomic E-state index is 13.7. The van der Waals surface area contributed by atoms with Crippen LogP contribution in [0.5, 0.6) is 0 Å². The monoisotopic (exact) mass is 328 g/mol. The summed E-state index contributed by atoms with van der Waals surface area (Å²) < 4.78 is 15.9. The summed E-state index contributed by atoms with van der Waals surface area (Å²) in [5.41, 5.74) is 1.68. The van der Waals surface area contributed by atoms with E-state index in [-0.39, 0.29) is 15.8 Å². The summed E-state index contributed by atoms with van der Waals surface area (Å²) in [5.74, 6) is 0.363. The van der Waals surface area contributed by atoms with E-state index >= 15 is 0 Å². The fraction of sp³-hybridized carbons (Fsp3) is 0.562. The number of hydrogen-bond donors (Lipinski definition) is 0. The molecule has 2 aromatic rings. The second-order valence-corrected chi connectivity index (χ2v) is 7.67. The zero-order chi connectivity index (χ0) is 15.4. The number of nitrogens with zero attached hydrogens (tertiary/aromatic N) is 2. The third-order valence-corrected chi connectivity index (χ3v) is 5.11. The van der Waals surface area contributed by atoms with Crippen LogP contribution in [0.3, 0.4) is 0 Å². The average Bonchev–Trinajstić information content (AvgIpc) is 2.90. The molecule has 21 heavy (non-hydrogen) atoms. The number of halogens is 3. The summed E-state index contributed by atoms with van der Waals surface area (Å²) in [5, 5.41) is -0.0936. The predicted molar refractivity (Wildman–Crippen MR) is 85.6 cm³/mol. The minimum Gasteiger partial charge on any atom is -0.323 e. The van der Waals surface area contributed by atoms with E-state index in [1.165, 1.54) is 18.9 Å². The van der Waals surface area contributed by atoms with Gasteiger partial charge >= 0.3 is 0 Å². The second-order valence-electron chi connectivity index (χ2n) is 6.61. The van der Waals surface area contributed by atoms with Crippen molar-refractivity contribution in [3.05, 3.63) is 28.8 Å². The molecule has 1 aliphatic rings. The largest absolute Gasteiger partial charge is 0.323 e. The van der Waals surface area contributed by atoms with Crippen molar-refractivity contribution < 1.29 is 4.39 Å². The van der Waals surface area contributed by atoms with Crippen molar-refractivity contribution >= 4 is 34.2 Å². The Morgan fingerprint density at radius 1 is 1.43 bits per heavy atom. The van der Waals surface area contributed by atoms with Gasteiger partial charge in [0.15, 0.2) is 0 Å². The molecule has 1 fully saturated rings. The van der Waals surface area contributed by atoms with E-state index in [0.29, 0.717) is 11.6 Å². The number of hydrogen-bond acceptors (Lipinski definition) is 1. The Kier molecular flexibility index (Phi) is 3.69. The van der Waals surface area contributed by atoms with Gasteiger partial charge in [-0.25, -0.2) is 9.37 Å². The van der Waals surface area contributed by atoms with Gasteiger partial charge < -0.3 is 4.57 Å². The lowest BCUT2D eigenvalue weighted by Gasteiger charge is -2.30. The summed E-state index contributed by atoms with van der Waals surface area (Å²) in [4.78, 5) is 4.56. The van der Waals surface area contributed by atoms with Crippen molar-refractivity contribution in [3.63, 3.8) is 0 Å². The first-order chi connectivity index (χ1) is 9.81. The Bertz CT molecular complexity index is 691. The van der Waals surface area contributed by atoms with Gasteiger partial charge in [0.25, 0.3) is 0 Å². The fourth-order valence-electron chi connectivity index (χ4n) is 3.50. The van der Waals surface area contributed by atoms with Crippen LogP contribution in [0.15, 0.2) is 12.1 Å². The van der Waals surface area contributed by atoms with Gasteiger partial charge in [-0.2, -0.15) is 0 Å². The molecule has 0 bridgehead atoms. The quantitative estimate of drug-likeness (QED) is 0.629. The molecule has 2 atom stereocenters. The van der Waals surface area contributed by atoms with E-state index in [4.69, 9.17) is 23.2 Å². The van der Waals surface area contributed by atoms with Crippen LogP contribution in [0.4, 0.5) is 4.39 Å². The minimum absolute atomic E-state index is 0.133. The Hall–Kier alpha value is -0.800. The molecule has 1 aromatic heterocycles. The first kappa shape index (κ1) is 15.1. The molecule has 0 saturated heterocycles. The summed E-state index contributed by atoms with van der Waals surface area (Å²) in [6, 6.07) is 3.40. The minimum atomic E-state index is -0.437. The molecule has 2 unspecified atom stereocenters. The molecule has 1 aromatic carbocycles. The number of fused-ring (bicyclic) bond motifs is 1. The summed E-state index contributed by atoms with van der Waals surface area (Å²) in [7, 11) is 0. The van der Waals surface area contributed by atoms with Gasteiger partial charge in [0, 0.05) is 12.1 Å². The van der Waals surface area contributed by atoms with Gasteiger partial charge in [0.05, 0.1) is 21.4 Å². The Labute approximate surface area is 134 Å². The molecule has 1 aliphatic carbocycles. The highest BCUT2D eigenvalue weighted by Crippen LogP contribution is 2.48. The van der Waals surface area contributed by atoms with Crippen LogP contribution < -0.4 is 0 Å². The van der Waals surface area contributed by atoms with Crippen molar-refractivity contribution in [2.75, 3.05) is 0 Å². The topological polar surface area (TPSA) is 17.8 Å². The van der Waals surface area contributed by atoms with E-state index in [9.17, 15) is 4.39 Å². The Balaban J connectivity index is 2.28. The van der Waals surface area contributed by atoms with Crippen molar-refractivity contribution in [1.29, 1.82) is 0 Å². The molecular weight excluding hydrogens is 310 g/mol. The standard InChI is InChI=1S/C16H19Cl2FN2/c1-9(17)15-20-12-8-11(19)10(18)7-13(12)21(15)14-5-4-6-16(14,2)3/h7-9,14H,4-6H2,1-3H3. The van der Waals surface area contributed by atoms with E-state index in [0.717, 1.165) is 17.8 Å². The lowest BCUT2D eigenvalue weighted by Crippen LogP contribution is -2.23. The lowest BCUT2D eigenvalue weighted by atomic mass is 9.87. The van der Waals surface area contributed by atoms with Crippen LogP contribution in [0.2, 0.25) is 5.02 Å². The summed E-state index contributed by atoms with van der Waals surface area (Å²) in [6.07, 6.45) is 3.44. The first-order valence-corrected chi connectivity index (χ1v) is 8.13. The van der Waals surface area contributed by atoms with Gasteiger partial charge in [-0.15, -0.1) is 11.6 Å². The van der Waals surface area contributed by atoms with E-state index in [2.05, 4.69) is 23.4 Å². The number of alkyl halides is 1. The van der Waals surface area contributed by atoms with Gasteiger partial charge in [0.1, 0.15) is 11.6 Å². The number of rotatable bonds is 2. The third kappa shape index (κ3) is 2.44. The molecule has 5 heteroatoms. The average molecular weight is 329 g/mol. The molecule has 114 valence electrons. The molecule has 2 nitrogen and oxygen atoms in total. The van der Waals surface area contributed by atoms with Crippen LogP contribution in [-0.2, 0) is 0 Å². The molecule has 0 radical (unpaired) electrons. The van der Waals surface area contributed by atoms with Gasteiger partial charge in [-0.3, -0.25) is 0 Å². The van der Waals surface area contributed by atoms with Gasteiger partial charge in [0.2, 0.25) is 0 Å². The number of benzene rings is 1. The smallest absolute Gasteiger partial charge is 0.144 e. The highest BCUT2D eigenvalue weighted by Gasteiger charge is 2.38. The maximum atomic E-state index is 13.7. The molecule has 1 heterocycles. The molecule has 0 aliphatic heterocycles. The SMILES string of the molecule is CC(Cl)c1nc2cc(F)c(Cl)cc2n1C1CCCC1(C)C. The fourth-order valence-corrected chi connectivity index (χ4v) is 3.82. The van der Waals surface area contributed by atoms with Crippen molar-refractivity contribution in [2.45, 2.75) is 51.5 Å². The first-order valence-electron chi connectivity index (χ1n) is 7.32. The van der Waals surface area contributed by atoms with E-state index in [1.807, 2.05) is 6.92 Å². The van der Waals surface area contributed by atoms with Crippen molar-refractivity contribution in [3.8, 4) is 0 Å². The molecule has 1 saturated carbocycles. The Morgan fingerprint density at radius 2 is 2.14 bits per heavy atom. The van der Waals surface area contributed by atoms with Gasteiger partial charge in [-0.1, -0.05) is 31.9 Å². The van der Waals surface area contributed by atoms with E-state index in [1.54, 1.807) is 6.07 Å². The zero-order valence-corrected chi connectivity index (χ0v) is 14.0.